The van der Waals surface area contributed by atoms with Gasteiger partial charge >= 0.3 is 0 Å². The monoisotopic (exact) mass is 127 g/mol. The van der Waals surface area contributed by atoms with E-state index in [1.165, 1.54) is 0 Å². The normalized spacial score (nSPS) is 39.0. The molecule has 1 rings (SSSR count). The van der Waals surface area contributed by atoms with E-state index in [4.69, 9.17) is 0 Å². The maximum Gasteiger partial charge on any atom is 0.0348 e. The zero-order valence-corrected chi connectivity index (χ0v) is 6.46. The third kappa shape index (κ3) is 1.95. The summed E-state index contributed by atoms with van der Waals surface area (Å²) in [4.78, 5) is 2.34. The second-order valence-electron chi connectivity index (χ2n) is 3.07. The molecule has 2 nitrogen and oxygen atoms in total. The first-order valence-corrected chi connectivity index (χ1v) is 3.57. The van der Waals surface area contributed by atoms with Crippen LogP contribution in [-0.2, 0) is 0 Å². The van der Waals surface area contributed by atoms with Crippen LogP contribution in [-0.4, -0.2) is 37.1 Å². The molecule has 0 saturated carbocycles. The quantitative estimate of drug-likeness (QED) is 0.458. The Labute approximate surface area is 57.2 Å². The minimum Gasteiger partial charge on any atom is -0.303 e. The van der Waals surface area contributed by atoms with Crippen LogP contribution in [0.5, 0.6) is 0 Å². The van der Waals surface area contributed by atoms with Crippen LogP contribution in [0.1, 0.15) is 13.8 Å². The van der Waals surface area contributed by atoms with Crippen LogP contribution in [0.4, 0.5) is 0 Å². The van der Waals surface area contributed by atoms with E-state index in [9.17, 15) is 0 Å². The van der Waals surface area contributed by atoms with Crippen molar-refractivity contribution < 1.29 is 0 Å². The minimum absolute atomic E-state index is 0.541. The Hall–Kier alpha value is -0.0800. The van der Waals surface area contributed by atoms with E-state index in [-0.39, 0.29) is 0 Å². The second-order valence-corrected chi connectivity index (χ2v) is 3.07. The van der Waals surface area contributed by atoms with Crippen molar-refractivity contribution in [1.82, 2.24) is 10.2 Å². The van der Waals surface area contributed by atoms with Gasteiger partial charge in [0.25, 0.3) is 0 Å². The Morgan fingerprint density at radius 3 is 2.00 bits per heavy atom. The summed E-state index contributed by atoms with van der Waals surface area (Å²) in [7, 11) is 2.15. The predicted molar refractivity (Wildman–Crippen MR) is 38.6 cm³/mol. The summed E-state index contributed by atoms with van der Waals surface area (Å²) in [6.45, 7) is 6.60. The summed E-state index contributed by atoms with van der Waals surface area (Å²) < 4.78 is 0. The molecule has 0 spiro atoms. The van der Waals surface area contributed by atoms with Gasteiger partial charge in [-0.15, -0.1) is 0 Å². The summed E-state index contributed by atoms with van der Waals surface area (Å²) >= 11 is 0. The van der Waals surface area contributed by atoms with Crippen molar-refractivity contribution in [3.05, 3.63) is 0 Å². The van der Waals surface area contributed by atoms with Crippen LogP contribution in [0.2, 0.25) is 0 Å². The summed E-state index contributed by atoms with van der Waals surface area (Å²) in [6.07, 6.45) is 0. The standard InChI is InChI=1S/C7H15N2/c1-6-4-9(3)5-7(2)8-6/h6-7H,4-5H2,1-3H3/t6-,7+. The van der Waals surface area contributed by atoms with Gasteiger partial charge in [0.05, 0.1) is 0 Å². The average molecular weight is 127 g/mol. The van der Waals surface area contributed by atoms with Crippen molar-refractivity contribution in [1.29, 1.82) is 0 Å². The van der Waals surface area contributed by atoms with Gasteiger partial charge in [0.15, 0.2) is 0 Å². The van der Waals surface area contributed by atoms with Crippen LogP contribution < -0.4 is 5.32 Å². The number of hydrogen-bond acceptors (Lipinski definition) is 1. The van der Waals surface area contributed by atoms with Crippen LogP contribution in [0.15, 0.2) is 0 Å². The first-order chi connectivity index (χ1) is 4.18. The van der Waals surface area contributed by atoms with Gasteiger partial charge in [-0.3, -0.25) is 0 Å². The number of rotatable bonds is 0. The molecule has 0 bridgehead atoms. The van der Waals surface area contributed by atoms with Crippen molar-refractivity contribution in [2.45, 2.75) is 25.9 Å². The molecule has 1 fully saturated rings. The van der Waals surface area contributed by atoms with Crippen LogP contribution in [0.3, 0.4) is 0 Å². The summed E-state index contributed by atoms with van der Waals surface area (Å²) in [5.74, 6) is 0. The highest BCUT2D eigenvalue weighted by molar-refractivity contribution is 4.77. The molecule has 0 aliphatic carbocycles. The van der Waals surface area contributed by atoms with E-state index in [2.05, 4.69) is 31.1 Å². The molecule has 0 aromatic heterocycles. The zero-order chi connectivity index (χ0) is 6.85. The first-order valence-electron chi connectivity index (χ1n) is 3.57. The highest BCUT2D eigenvalue weighted by atomic mass is 15.2. The topological polar surface area (TPSA) is 17.3 Å². The lowest BCUT2D eigenvalue weighted by Gasteiger charge is -2.31. The van der Waals surface area contributed by atoms with Crippen molar-refractivity contribution >= 4 is 0 Å². The molecule has 1 aliphatic heterocycles. The molecule has 2 heteroatoms. The molecule has 0 N–H and O–H groups in total. The molecule has 1 radical (unpaired) electrons. The second kappa shape index (κ2) is 2.67. The van der Waals surface area contributed by atoms with Crippen LogP contribution in [0, 0.1) is 0 Å². The Morgan fingerprint density at radius 1 is 1.22 bits per heavy atom. The molecule has 1 saturated heterocycles. The average Bonchev–Trinajstić information content (AvgIpc) is 1.59. The van der Waals surface area contributed by atoms with Crippen molar-refractivity contribution in [3.63, 3.8) is 0 Å². The summed E-state index contributed by atoms with van der Waals surface area (Å²) in [5.41, 5.74) is 0. The first kappa shape index (κ1) is 7.03. The van der Waals surface area contributed by atoms with Gasteiger partial charge < -0.3 is 4.90 Å². The smallest absolute Gasteiger partial charge is 0.0348 e. The molecule has 1 aliphatic rings. The zero-order valence-electron chi connectivity index (χ0n) is 6.46. The van der Waals surface area contributed by atoms with Gasteiger partial charge in [0.1, 0.15) is 0 Å². The Bertz CT molecular complexity index is 67.9. The highest BCUT2D eigenvalue weighted by Crippen LogP contribution is 2.01. The van der Waals surface area contributed by atoms with E-state index < -0.39 is 0 Å². The lowest BCUT2D eigenvalue weighted by Crippen LogP contribution is -2.48. The van der Waals surface area contributed by atoms with E-state index in [1.807, 2.05) is 0 Å². The van der Waals surface area contributed by atoms with E-state index >= 15 is 0 Å². The highest BCUT2D eigenvalue weighted by Gasteiger charge is 2.18. The molecular formula is C7H15N2. The largest absolute Gasteiger partial charge is 0.303 e. The van der Waals surface area contributed by atoms with Gasteiger partial charge in [-0.25, -0.2) is 5.32 Å². The molecule has 0 unspecified atom stereocenters. The molecule has 2 atom stereocenters. The van der Waals surface area contributed by atoms with Gasteiger partial charge in [0, 0.05) is 25.2 Å². The fourth-order valence-corrected chi connectivity index (χ4v) is 1.51. The van der Waals surface area contributed by atoms with Gasteiger partial charge in [-0.1, -0.05) is 0 Å². The fourth-order valence-electron chi connectivity index (χ4n) is 1.51. The number of likely N-dealkylation sites (N-methyl/N-ethyl adjacent to an activating group) is 1. The summed E-state index contributed by atoms with van der Waals surface area (Å²) in [5, 5.41) is 4.49. The molecule has 1 heterocycles. The van der Waals surface area contributed by atoms with Gasteiger partial charge in [-0.2, -0.15) is 0 Å². The van der Waals surface area contributed by atoms with Gasteiger partial charge in [0.2, 0.25) is 0 Å². The molecular weight excluding hydrogens is 112 g/mol. The lowest BCUT2D eigenvalue weighted by atomic mass is 10.2. The van der Waals surface area contributed by atoms with Crippen LogP contribution in [0.25, 0.3) is 0 Å². The fraction of sp³-hybridized carbons (Fsp3) is 1.00. The molecule has 53 valence electrons. The molecule has 0 amide bonds. The third-order valence-electron chi connectivity index (χ3n) is 1.66. The lowest BCUT2D eigenvalue weighted by molar-refractivity contribution is 0.203. The van der Waals surface area contributed by atoms with Crippen molar-refractivity contribution in [2.75, 3.05) is 20.1 Å². The van der Waals surface area contributed by atoms with Gasteiger partial charge in [-0.05, 0) is 20.9 Å². The molecule has 0 aromatic rings. The Morgan fingerprint density at radius 2 is 1.67 bits per heavy atom. The van der Waals surface area contributed by atoms with E-state index in [0.717, 1.165) is 13.1 Å². The van der Waals surface area contributed by atoms with Crippen molar-refractivity contribution in [3.8, 4) is 0 Å². The maximum absolute atomic E-state index is 4.49. The number of piperazine rings is 1. The minimum atomic E-state index is 0.541. The Kier molecular flexibility index (Phi) is 2.09. The maximum atomic E-state index is 4.49. The molecule has 0 aromatic carbocycles. The van der Waals surface area contributed by atoms with Crippen LogP contribution >= 0.6 is 0 Å². The van der Waals surface area contributed by atoms with Crippen molar-refractivity contribution in [2.24, 2.45) is 0 Å². The number of nitrogens with zero attached hydrogens (tertiary/aromatic N) is 2. The predicted octanol–water partition coefficient (Wildman–Crippen LogP) is 0.313. The molecule has 9 heavy (non-hydrogen) atoms. The van der Waals surface area contributed by atoms with E-state index in [1.54, 1.807) is 0 Å². The Balaban J connectivity index is 2.34. The van der Waals surface area contributed by atoms with E-state index in [0.29, 0.717) is 12.1 Å². The summed E-state index contributed by atoms with van der Waals surface area (Å²) in [6, 6.07) is 1.08. The number of hydrogen-bond donors (Lipinski definition) is 0. The third-order valence-corrected chi connectivity index (χ3v) is 1.66. The SMILES string of the molecule is C[C@@H]1CN(C)C[C@H](C)[N]1.